The fourth-order valence-electron chi connectivity index (χ4n) is 1.76. The van der Waals surface area contributed by atoms with Crippen molar-refractivity contribution in [3.63, 3.8) is 0 Å². The fraction of sp³-hybridized carbons (Fsp3) is 0.500. The zero-order valence-electron chi connectivity index (χ0n) is 10.3. The number of likely N-dealkylation sites (N-methyl/N-ethyl adjacent to an activating group) is 1. The van der Waals surface area contributed by atoms with Crippen LogP contribution in [0.5, 0.6) is 0 Å². The fourth-order valence-corrected chi connectivity index (χ4v) is 2.06. The van der Waals surface area contributed by atoms with Crippen LogP contribution in [0.25, 0.3) is 5.32 Å². The van der Waals surface area contributed by atoms with Crippen LogP contribution < -0.4 is 0 Å². The van der Waals surface area contributed by atoms with E-state index in [0.717, 1.165) is 5.56 Å². The average molecular weight is 402 g/mol. The molecule has 17 heavy (non-hydrogen) atoms. The van der Waals surface area contributed by atoms with Gasteiger partial charge in [0.2, 0.25) is 0 Å². The molecule has 0 aliphatic rings. The molecule has 0 aliphatic carbocycles. The first-order valence-electron chi connectivity index (χ1n) is 5.03. The summed E-state index contributed by atoms with van der Waals surface area (Å²) in [5.41, 5.74) is 0.937. The molecule has 0 aromatic heterocycles. The minimum Gasteiger partial charge on any atom is -0.664 e. The van der Waals surface area contributed by atoms with Crippen LogP contribution in [0, 0.1) is 41.3 Å². The monoisotopic (exact) mass is 401 g/mol. The molecule has 0 N–H and O–H groups in total. The first kappa shape index (κ1) is 18.1. The van der Waals surface area contributed by atoms with E-state index in [9.17, 15) is 0 Å². The maximum atomic E-state index is 6.02. The molecular weight excluding hydrogens is 386 g/mol. The van der Waals surface area contributed by atoms with E-state index in [-0.39, 0.29) is 46.7 Å². The molecule has 0 radical (unpaired) electrons. The van der Waals surface area contributed by atoms with Crippen molar-refractivity contribution in [2.24, 2.45) is 0 Å². The van der Waals surface area contributed by atoms with E-state index >= 15 is 0 Å². The van der Waals surface area contributed by atoms with Crippen molar-refractivity contribution in [2.75, 3.05) is 27.3 Å². The van der Waals surface area contributed by atoms with Gasteiger partial charge in [-0.25, -0.2) is 0 Å². The molecule has 90 valence electrons. The second-order valence-electron chi connectivity index (χ2n) is 4.10. The molecule has 0 amide bonds. The van der Waals surface area contributed by atoms with Gasteiger partial charge in [-0.3, -0.25) is 0 Å². The Morgan fingerprint density at radius 3 is 2.41 bits per heavy atom. The van der Waals surface area contributed by atoms with Crippen molar-refractivity contribution in [1.29, 1.82) is 0 Å². The van der Waals surface area contributed by atoms with Gasteiger partial charge in [0, 0.05) is 7.11 Å². The van der Waals surface area contributed by atoms with Crippen LogP contribution in [0.3, 0.4) is 0 Å². The second kappa shape index (κ2) is 8.29. The van der Waals surface area contributed by atoms with Gasteiger partial charge >= 0.3 is 41.3 Å². The molecule has 0 fully saturated rings. The average Bonchev–Trinajstić information content (AvgIpc) is 2.22. The molecule has 1 atom stereocenters. The minimum absolute atomic E-state index is 0. The van der Waals surface area contributed by atoms with E-state index in [2.05, 4.69) is 12.2 Å². The van der Waals surface area contributed by atoms with E-state index in [1.165, 1.54) is 0 Å². The number of halogens is 2. The number of ether oxygens (including phenoxy) is 1. The second-order valence-corrected chi connectivity index (χ2v) is 4.91. The van der Waals surface area contributed by atoms with E-state index in [1.54, 1.807) is 14.2 Å². The van der Waals surface area contributed by atoms with Gasteiger partial charge in [0.05, 0.1) is 16.7 Å². The van der Waals surface area contributed by atoms with Gasteiger partial charge < -0.3 is 10.1 Å². The van der Waals surface area contributed by atoms with Gasteiger partial charge in [0.25, 0.3) is 0 Å². The van der Waals surface area contributed by atoms with Crippen LogP contribution in [0.2, 0.25) is 10.0 Å². The third kappa shape index (κ3) is 4.93. The molecular formula is C12H16Cl2NOPr+2. The molecule has 5 heteroatoms. The molecule has 1 rings (SSSR count). The molecule has 1 unspecified atom stereocenters. The quantitative estimate of drug-likeness (QED) is 0.733. The third-order valence-corrected chi connectivity index (χ3v) is 3.33. The van der Waals surface area contributed by atoms with Crippen LogP contribution in [0.15, 0.2) is 18.2 Å². The SMILES string of the molecule is C[N-]CC(C)(COC)c1ccc(Cl)c(Cl)c1.[Pr+3]. The van der Waals surface area contributed by atoms with Crippen molar-refractivity contribution in [3.8, 4) is 0 Å². The first-order valence-corrected chi connectivity index (χ1v) is 5.79. The molecule has 0 saturated heterocycles. The summed E-state index contributed by atoms with van der Waals surface area (Å²) in [6.45, 7) is 3.39. The zero-order chi connectivity index (χ0) is 12.2. The predicted molar refractivity (Wildman–Crippen MR) is 69.8 cm³/mol. The van der Waals surface area contributed by atoms with Crippen molar-refractivity contribution in [1.82, 2.24) is 0 Å². The van der Waals surface area contributed by atoms with Gasteiger partial charge in [-0.05, 0) is 23.1 Å². The molecule has 0 spiro atoms. The summed E-state index contributed by atoms with van der Waals surface area (Å²) < 4.78 is 5.25. The van der Waals surface area contributed by atoms with E-state index < -0.39 is 0 Å². The smallest absolute Gasteiger partial charge is 0.664 e. The molecule has 1 aromatic carbocycles. The van der Waals surface area contributed by atoms with Crippen molar-refractivity contribution in [2.45, 2.75) is 12.3 Å². The number of methoxy groups -OCH3 is 1. The largest absolute Gasteiger partial charge is 3.00 e. The van der Waals surface area contributed by atoms with Crippen LogP contribution in [-0.4, -0.2) is 27.3 Å². The summed E-state index contributed by atoms with van der Waals surface area (Å²) in [6, 6.07) is 5.66. The van der Waals surface area contributed by atoms with E-state index in [4.69, 9.17) is 27.9 Å². The van der Waals surface area contributed by atoms with Gasteiger partial charge in [-0.15, -0.1) is 6.54 Å². The zero-order valence-corrected chi connectivity index (χ0v) is 15.6. The molecule has 0 saturated carbocycles. The Balaban J connectivity index is 0.00000256. The number of rotatable bonds is 5. The first-order chi connectivity index (χ1) is 7.53. The maximum Gasteiger partial charge on any atom is 3.00 e. The molecule has 0 aliphatic heterocycles. The van der Waals surface area contributed by atoms with Gasteiger partial charge in [-0.1, -0.05) is 36.2 Å². The summed E-state index contributed by atoms with van der Waals surface area (Å²) in [4.78, 5) is 0. The molecule has 2 nitrogen and oxygen atoms in total. The Bertz CT molecular complexity index is 354. The normalized spacial score (nSPS) is 13.9. The predicted octanol–water partition coefficient (Wildman–Crippen LogP) is 3.90. The number of hydrogen-bond donors (Lipinski definition) is 0. The molecule has 0 heterocycles. The Hall–Kier alpha value is 1.08. The summed E-state index contributed by atoms with van der Waals surface area (Å²) >= 11 is 11.9. The molecule has 0 bridgehead atoms. The molecule has 1 aromatic rings. The Kier molecular flexibility index (Phi) is 8.82. The summed E-state index contributed by atoms with van der Waals surface area (Å²) in [5, 5.41) is 5.33. The van der Waals surface area contributed by atoms with Gasteiger partial charge in [0.1, 0.15) is 0 Å². The maximum absolute atomic E-state index is 6.02. The van der Waals surface area contributed by atoms with E-state index in [0.29, 0.717) is 23.2 Å². The standard InChI is InChI=1S/C12H16Cl2NO.Pr/c1-12(7-15-2,8-16-3)9-4-5-10(13)11(14)6-9;/h4-6H,7-8H2,1-3H3;/q-1;+3. The van der Waals surface area contributed by atoms with Crippen molar-refractivity contribution in [3.05, 3.63) is 39.1 Å². The topological polar surface area (TPSA) is 23.3 Å². The summed E-state index contributed by atoms with van der Waals surface area (Å²) in [6.07, 6.45) is 0. The Labute approximate surface area is 146 Å². The van der Waals surface area contributed by atoms with Crippen molar-refractivity contribution >= 4 is 23.2 Å². The summed E-state index contributed by atoms with van der Waals surface area (Å²) in [7, 11) is 3.48. The summed E-state index contributed by atoms with van der Waals surface area (Å²) in [5.74, 6) is 0. The Morgan fingerprint density at radius 2 is 1.94 bits per heavy atom. The van der Waals surface area contributed by atoms with Crippen LogP contribution >= 0.6 is 23.2 Å². The number of nitrogens with zero attached hydrogens (tertiary/aromatic N) is 1. The van der Waals surface area contributed by atoms with Crippen LogP contribution in [0.1, 0.15) is 12.5 Å². The van der Waals surface area contributed by atoms with Gasteiger partial charge in [-0.2, -0.15) is 7.05 Å². The third-order valence-electron chi connectivity index (χ3n) is 2.59. The van der Waals surface area contributed by atoms with Crippen molar-refractivity contribution < 1.29 is 46.0 Å². The van der Waals surface area contributed by atoms with E-state index in [1.807, 2.05) is 18.2 Å². The minimum atomic E-state index is -0.155. The van der Waals surface area contributed by atoms with Crippen LogP contribution in [-0.2, 0) is 10.2 Å². The Morgan fingerprint density at radius 1 is 1.29 bits per heavy atom. The van der Waals surface area contributed by atoms with Crippen LogP contribution in [0.4, 0.5) is 0 Å². The van der Waals surface area contributed by atoms with Gasteiger partial charge in [0.15, 0.2) is 0 Å². The number of hydrogen-bond acceptors (Lipinski definition) is 1. The number of benzene rings is 1.